The number of para-hydroxylation sites is 1. The van der Waals surface area contributed by atoms with Crippen molar-refractivity contribution in [3.05, 3.63) is 36.0 Å². The highest BCUT2D eigenvalue weighted by Gasteiger charge is 2.08. The lowest BCUT2D eigenvalue weighted by Crippen LogP contribution is -2.21. The van der Waals surface area contributed by atoms with Gasteiger partial charge in [-0.05, 0) is 30.0 Å². The summed E-state index contributed by atoms with van der Waals surface area (Å²) in [7, 11) is 1.75. The molecule has 0 aliphatic rings. The van der Waals surface area contributed by atoms with E-state index in [0.29, 0.717) is 5.92 Å². The van der Waals surface area contributed by atoms with Crippen LogP contribution in [0.15, 0.2) is 30.3 Å². The van der Waals surface area contributed by atoms with Gasteiger partial charge in [0.1, 0.15) is 0 Å². The molecular formula is C16H24N2O. The van der Waals surface area contributed by atoms with E-state index >= 15 is 0 Å². The quantitative estimate of drug-likeness (QED) is 0.828. The Morgan fingerprint density at radius 2 is 2.05 bits per heavy atom. The summed E-state index contributed by atoms with van der Waals surface area (Å²) in [5.74, 6) is 0.678. The molecule has 0 amide bonds. The van der Waals surface area contributed by atoms with Crippen LogP contribution in [0.25, 0.3) is 10.9 Å². The van der Waals surface area contributed by atoms with Crippen LogP contribution in [0.1, 0.15) is 19.5 Å². The molecule has 0 aliphatic carbocycles. The molecule has 1 N–H and O–H groups in total. The van der Waals surface area contributed by atoms with Crippen LogP contribution in [-0.4, -0.2) is 24.8 Å². The number of methoxy groups -OCH3 is 1. The summed E-state index contributed by atoms with van der Waals surface area (Å²) in [4.78, 5) is 0. The van der Waals surface area contributed by atoms with E-state index in [-0.39, 0.29) is 0 Å². The van der Waals surface area contributed by atoms with Crippen LogP contribution in [0, 0.1) is 5.92 Å². The van der Waals surface area contributed by atoms with Gasteiger partial charge >= 0.3 is 0 Å². The van der Waals surface area contributed by atoms with E-state index in [2.05, 4.69) is 54.1 Å². The smallest absolute Gasteiger partial charge is 0.0642 e. The molecular weight excluding hydrogens is 236 g/mol. The predicted octanol–water partition coefficient (Wildman–Crippen LogP) is 3.03. The minimum atomic E-state index is 0.678. The van der Waals surface area contributed by atoms with E-state index in [1.165, 1.54) is 16.6 Å². The molecule has 19 heavy (non-hydrogen) atoms. The van der Waals surface area contributed by atoms with Gasteiger partial charge in [0, 0.05) is 31.4 Å². The molecule has 104 valence electrons. The largest absolute Gasteiger partial charge is 0.383 e. The number of rotatable bonds is 7. The van der Waals surface area contributed by atoms with Crippen molar-refractivity contribution in [1.29, 1.82) is 0 Å². The Kier molecular flexibility index (Phi) is 5.00. The highest BCUT2D eigenvalue weighted by atomic mass is 16.5. The summed E-state index contributed by atoms with van der Waals surface area (Å²) in [5, 5.41) is 4.82. The molecule has 0 fully saturated rings. The molecule has 2 rings (SSSR count). The van der Waals surface area contributed by atoms with E-state index in [1.54, 1.807) is 7.11 Å². The molecule has 1 aromatic heterocycles. The molecule has 3 heteroatoms. The SMILES string of the molecule is COCCn1c(CNCC(C)C)cc2ccccc21. The first-order chi connectivity index (χ1) is 9.22. The lowest BCUT2D eigenvalue weighted by Gasteiger charge is -2.12. The van der Waals surface area contributed by atoms with Crippen LogP contribution in [0.3, 0.4) is 0 Å². The van der Waals surface area contributed by atoms with Crippen molar-refractivity contribution in [2.75, 3.05) is 20.3 Å². The standard InChI is InChI=1S/C16H24N2O/c1-13(2)11-17-12-15-10-14-6-4-5-7-16(14)18(15)8-9-19-3/h4-7,10,13,17H,8-9,11-12H2,1-3H3. The summed E-state index contributed by atoms with van der Waals surface area (Å²) in [6, 6.07) is 10.8. The topological polar surface area (TPSA) is 26.2 Å². The van der Waals surface area contributed by atoms with E-state index < -0.39 is 0 Å². The molecule has 0 saturated carbocycles. The average molecular weight is 260 g/mol. The van der Waals surface area contributed by atoms with Gasteiger partial charge in [-0.25, -0.2) is 0 Å². The van der Waals surface area contributed by atoms with Crippen molar-refractivity contribution in [3.63, 3.8) is 0 Å². The molecule has 0 radical (unpaired) electrons. The van der Waals surface area contributed by atoms with Gasteiger partial charge in [-0.2, -0.15) is 0 Å². The minimum Gasteiger partial charge on any atom is -0.383 e. The fourth-order valence-electron chi connectivity index (χ4n) is 2.35. The zero-order valence-electron chi connectivity index (χ0n) is 12.1. The lowest BCUT2D eigenvalue weighted by molar-refractivity contribution is 0.187. The maximum atomic E-state index is 5.22. The summed E-state index contributed by atoms with van der Waals surface area (Å²) < 4.78 is 7.57. The fourth-order valence-corrected chi connectivity index (χ4v) is 2.35. The van der Waals surface area contributed by atoms with Gasteiger partial charge in [0.25, 0.3) is 0 Å². The van der Waals surface area contributed by atoms with Gasteiger partial charge in [-0.1, -0.05) is 32.0 Å². The first-order valence-corrected chi connectivity index (χ1v) is 6.99. The molecule has 2 aromatic rings. The van der Waals surface area contributed by atoms with Gasteiger partial charge in [0.15, 0.2) is 0 Å². The Balaban J connectivity index is 2.19. The second kappa shape index (κ2) is 6.73. The average Bonchev–Trinajstić information content (AvgIpc) is 2.74. The van der Waals surface area contributed by atoms with E-state index in [4.69, 9.17) is 4.74 Å². The molecule has 0 aliphatic heterocycles. The maximum absolute atomic E-state index is 5.22. The van der Waals surface area contributed by atoms with Gasteiger partial charge in [-0.3, -0.25) is 0 Å². The minimum absolute atomic E-state index is 0.678. The van der Waals surface area contributed by atoms with Crippen LogP contribution in [0.5, 0.6) is 0 Å². The first-order valence-electron chi connectivity index (χ1n) is 6.99. The van der Waals surface area contributed by atoms with Crippen LogP contribution < -0.4 is 5.32 Å². The molecule has 3 nitrogen and oxygen atoms in total. The van der Waals surface area contributed by atoms with Crippen LogP contribution in [0.4, 0.5) is 0 Å². The second-order valence-electron chi connectivity index (χ2n) is 5.36. The van der Waals surface area contributed by atoms with E-state index in [0.717, 1.165) is 26.2 Å². The molecule has 0 bridgehead atoms. The van der Waals surface area contributed by atoms with Gasteiger partial charge in [-0.15, -0.1) is 0 Å². The number of ether oxygens (including phenoxy) is 1. The third-order valence-corrected chi connectivity index (χ3v) is 3.27. The van der Waals surface area contributed by atoms with Crippen molar-refractivity contribution >= 4 is 10.9 Å². The number of fused-ring (bicyclic) bond motifs is 1. The molecule has 0 spiro atoms. The van der Waals surface area contributed by atoms with Crippen LogP contribution in [0.2, 0.25) is 0 Å². The van der Waals surface area contributed by atoms with Gasteiger partial charge in [0.2, 0.25) is 0 Å². The number of hydrogen-bond acceptors (Lipinski definition) is 2. The summed E-state index contributed by atoms with van der Waals surface area (Å²) in [6.45, 7) is 8.07. The molecule has 0 atom stereocenters. The zero-order chi connectivity index (χ0) is 13.7. The molecule has 0 unspecified atom stereocenters. The lowest BCUT2D eigenvalue weighted by atomic mass is 10.2. The Hall–Kier alpha value is -1.32. The van der Waals surface area contributed by atoms with Crippen molar-refractivity contribution < 1.29 is 4.74 Å². The molecule has 1 aromatic carbocycles. The predicted molar refractivity (Wildman–Crippen MR) is 80.4 cm³/mol. The third kappa shape index (κ3) is 3.58. The third-order valence-electron chi connectivity index (χ3n) is 3.27. The van der Waals surface area contributed by atoms with E-state index in [1.807, 2.05) is 0 Å². The van der Waals surface area contributed by atoms with Crippen LogP contribution in [-0.2, 0) is 17.8 Å². The highest BCUT2D eigenvalue weighted by molar-refractivity contribution is 5.81. The number of benzene rings is 1. The molecule has 0 saturated heterocycles. The monoisotopic (exact) mass is 260 g/mol. The fraction of sp³-hybridized carbons (Fsp3) is 0.500. The Morgan fingerprint density at radius 3 is 2.79 bits per heavy atom. The van der Waals surface area contributed by atoms with Crippen molar-refractivity contribution in [2.45, 2.75) is 26.9 Å². The second-order valence-corrected chi connectivity index (χ2v) is 5.36. The van der Waals surface area contributed by atoms with Crippen LogP contribution >= 0.6 is 0 Å². The highest BCUT2D eigenvalue weighted by Crippen LogP contribution is 2.19. The normalized spacial score (nSPS) is 11.6. The van der Waals surface area contributed by atoms with Crippen molar-refractivity contribution in [2.24, 2.45) is 5.92 Å². The Bertz CT molecular complexity index is 516. The summed E-state index contributed by atoms with van der Waals surface area (Å²) >= 11 is 0. The van der Waals surface area contributed by atoms with Gasteiger partial charge < -0.3 is 14.6 Å². The Labute approximate surface area is 115 Å². The van der Waals surface area contributed by atoms with Crippen molar-refractivity contribution in [3.8, 4) is 0 Å². The first kappa shape index (κ1) is 14.1. The summed E-state index contributed by atoms with van der Waals surface area (Å²) in [6.07, 6.45) is 0. The van der Waals surface area contributed by atoms with Crippen molar-refractivity contribution in [1.82, 2.24) is 9.88 Å². The number of nitrogens with zero attached hydrogens (tertiary/aromatic N) is 1. The Morgan fingerprint density at radius 1 is 1.26 bits per heavy atom. The maximum Gasteiger partial charge on any atom is 0.0642 e. The number of nitrogens with one attached hydrogen (secondary N) is 1. The number of aromatic nitrogens is 1. The van der Waals surface area contributed by atoms with E-state index in [9.17, 15) is 0 Å². The number of hydrogen-bond donors (Lipinski definition) is 1. The van der Waals surface area contributed by atoms with Gasteiger partial charge in [0.05, 0.1) is 6.61 Å². The zero-order valence-corrected chi connectivity index (χ0v) is 12.1. The summed E-state index contributed by atoms with van der Waals surface area (Å²) in [5.41, 5.74) is 2.62. The molecule has 1 heterocycles.